The number of hydrogen-bond acceptors (Lipinski definition) is 5. The van der Waals surface area contributed by atoms with Gasteiger partial charge in [0.15, 0.2) is 0 Å². The van der Waals surface area contributed by atoms with E-state index in [1.54, 1.807) is 0 Å². The number of nitrogens with zero attached hydrogens (tertiary/aromatic N) is 3. The summed E-state index contributed by atoms with van der Waals surface area (Å²) >= 11 is 5.24. The quantitative estimate of drug-likeness (QED) is 0.135. The predicted molar refractivity (Wildman–Crippen MR) is 246 cm³/mol. The Morgan fingerprint density at radius 2 is 1.07 bits per heavy atom. The molecule has 0 amide bonds. The second-order valence-electron chi connectivity index (χ2n) is 16.8. The van der Waals surface area contributed by atoms with Gasteiger partial charge in [-0.3, -0.25) is 0 Å². The Hall–Kier alpha value is -6.11. The summed E-state index contributed by atoms with van der Waals surface area (Å²) in [7, 11) is 0. The largest absolute Gasteiger partial charge is 0.468 e. The number of furan rings is 1. The maximum atomic E-state index is 7.19. The Kier molecular flexibility index (Phi) is 8.21. The van der Waals surface area contributed by atoms with Crippen LogP contribution in [0.25, 0.3) is 11.0 Å². The van der Waals surface area contributed by atoms with E-state index in [0.717, 1.165) is 73.4 Å². The smallest absolute Gasteiger partial charge is 0.297 e. The molecular formula is C51H44BN3OS. The first-order valence-corrected chi connectivity index (χ1v) is 20.2. The molecule has 0 aliphatic carbocycles. The van der Waals surface area contributed by atoms with Gasteiger partial charge in [0, 0.05) is 55.6 Å². The molecule has 0 radical (unpaired) electrons. The monoisotopic (exact) mass is 757 g/mol. The van der Waals surface area contributed by atoms with Crippen LogP contribution in [0.5, 0.6) is 0 Å². The Morgan fingerprint density at radius 1 is 0.526 bits per heavy atom. The molecule has 0 bridgehead atoms. The second kappa shape index (κ2) is 13.2. The maximum absolute atomic E-state index is 7.19. The van der Waals surface area contributed by atoms with E-state index in [2.05, 4.69) is 219 Å². The molecule has 0 saturated heterocycles. The summed E-state index contributed by atoms with van der Waals surface area (Å²) in [4.78, 5) is 7.25. The van der Waals surface area contributed by atoms with Crippen molar-refractivity contribution in [3.8, 4) is 0 Å². The van der Waals surface area contributed by atoms with Crippen molar-refractivity contribution < 1.29 is 4.42 Å². The first kappa shape index (κ1) is 35.3. The molecule has 10 rings (SSSR count). The summed E-state index contributed by atoms with van der Waals surface area (Å²) in [6, 6.07) is 61.3. The zero-order valence-electron chi connectivity index (χ0n) is 32.9. The number of para-hydroxylation sites is 4. The van der Waals surface area contributed by atoms with Crippen LogP contribution in [0.2, 0.25) is 0 Å². The lowest BCUT2D eigenvalue weighted by Crippen LogP contribution is -2.61. The van der Waals surface area contributed by atoms with Gasteiger partial charge in [0.05, 0.1) is 11.3 Å². The van der Waals surface area contributed by atoms with Crippen LogP contribution < -0.4 is 31.3 Å². The van der Waals surface area contributed by atoms with Gasteiger partial charge >= 0.3 is 0 Å². The number of rotatable bonds is 6. The molecule has 0 spiro atoms. The van der Waals surface area contributed by atoms with E-state index in [-0.39, 0.29) is 12.1 Å². The van der Waals surface area contributed by atoms with E-state index in [0.29, 0.717) is 0 Å². The summed E-state index contributed by atoms with van der Waals surface area (Å²) in [5, 5.41) is 1.12. The highest BCUT2D eigenvalue weighted by molar-refractivity contribution is 7.81. The topological polar surface area (TPSA) is 22.9 Å². The standard InChI is InChI=1S/C51H44BN3OS/c1-50(2,3)34-26-29-46-41(30-34)48-49(56-46)52-42-28-27-40(53(36-18-10-6-11-19-36)37-20-12-7-13-21-37)33-43(42)54(38-22-14-8-15-23-38)44-31-35(51(4,5)57)32-45(47(44)52)55(48)39-24-16-9-17-25-39/h6-33,57H,1-5H3. The van der Waals surface area contributed by atoms with Gasteiger partial charge in [-0.05, 0) is 126 Å². The summed E-state index contributed by atoms with van der Waals surface area (Å²) in [6.07, 6.45) is 0. The van der Waals surface area contributed by atoms with Crippen LogP contribution >= 0.6 is 12.6 Å². The lowest BCUT2D eigenvalue weighted by atomic mass is 9.35. The minimum atomic E-state index is -0.427. The van der Waals surface area contributed by atoms with Gasteiger partial charge in [-0.1, -0.05) is 106 Å². The second-order valence-corrected chi connectivity index (χ2v) is 17.9. The van der Waals surface area contributed by atoms with Crippen LogP contribution in [0.1, 0.15) is 45.7 Å². The molecule has 0 saturated carbocycles. The van der Waals surface area contributed by atoms with Crippen LogP contribution in [0.15, 0.2) is 174 Å². The fourth-order valence-electron chi connectivity index (χ4n) is 8.73. The van der Waals surface area contributed by atoms with E-state index in [4.69, 9.17) is 17.0 Å². The SMILES string of the molecule is CC(C)(C)c1ccc2oc3c(c2c1)N(c1ccccc1)c1cc(C(C)(C)S)cc2c1B3c1ccc(N(c3ccccc3)c3ccccc3)cc1N2c1ccccc1. The van der Waals surface area contributed by atoms with Gasteiger partial charge in [0.2, 0.25) is 0 Å². The summed E-state index contributed by atoms with van der Waals surface area (Å²) in [5.74, 6) is 0. The number of hydrogen-bond donors (Lipinski definition) is 1. The molecule has 0 N–H and O–H groups in total. The molecule has 1 aromatic heterocycles. The molecule has 278 valence electrons. The zero-order chi connectivity index (χ0) is 39.1. The number of anilines is 9. The average molecular weight is 758 g/mol. The summed E-state index contributed by atoms with van der Waals surface area (Å²) < 4.78 is 6.76. The van der Waals surface area contributed by atoms with E-state index in [1.165, 1.54) is 16.5 Å². The van der Waals surface area contributed by atoms with Crippen molar-refractivity contribution >= 4 is 98.1 Å². The molecule has 8 aromatic rings. The third-order valence-corrected chi connectivity index (χ3v) is 11.8. The van der Waals surface area contributed by atoms with Crippen LogP contribution in [-0.4, -0.2) is 6.71 Å². The van der Waals surface area contributed by atoms with Gasteiger partial charge in [0.1, 0.15) is 5.58 Å². The van der Waals surface area contributed by atoms with Crippen molar-refractivity contribution in [2.45, 2.75) is 44.8 Å². The normalized spacial score (nSPS) is 13.3. The molecule has 3 heterocycles. The predicted octanol–water partition coefficient (Wildman–Crippen LogP) is 12.4. The minimum absolute atomic E-state index is 0.0354. The molecule has 57 heavy (non-hydrogen) atoms. The first-order chi connectivity index (χ1) is 27.6. The highest BCUT2D eigenvalue weighted by atomic mass is 32.1. The lowest BCUT2D eigenvalue weighted by molar-refractivity contribution is 0.590. The van der Waals surface area contributed by atoms with Crippen molar-refractivity contribution in [2.24, 2.45) is 0 Å². The van der Waals surface area contributed by atoms with Gasteiger partial charge in [0.25, 0.3) is 6.71 Å². The molecule has 4 nitrogen and oxygen atoms in total. The van der Waals surface area contributed by atoms with E-state index < -0.39 is 4.75 Å². The van der Waals surface area contributed by atoms with Gasteiger partial charge < -0.3 is 19.1 Å². The third-order valence-electron chi connectivity index (χ3n) is 11.5. The van der Waals surface area contributed by atoms with E-state index >= 15 is 0 Å². The zero-order valence-corrected chi connectivity index (χ0v) is 33.8. The Balaban J connectivity index is 1.32. The Labute approximate surface area is 341 Å². The third kappa shape index (κ3) is 5.85. The molecular weight excluding hydrogens is 713 g/mol. The molecule has 6 heteroatoms. The van der Waals surface area contributed by atoms with Gasteiger partial charge in [-0.25, -0.2) is 0 Å². The Bertz CT molecular complexity index is 2730. The molecule has 7 aromatic carbocycles. The summed E-state index contributed by atoms with van der Waals surface area (Å²) in [6.45, 7) is 11.0. The van der Waals surface area contributed by atoms with Crippen LogP contribution in [-0.2, 0) is 10.2 Å². The Morgan fingerprint density at radius 3 is 1.63 bits per heavy atom. The maximum Gasteiger partial charge on any atom is 0.297 e. The van der Waals surface area contributed by atoms with Gasteiger partial charge in [-0.15, -0.1) is 0 Å². The first-order valence-electron chi connectivity index (χ1n) is 19.8. The molecule has 0 atom stereocenters. The molecule has 0 fully saturated rings. The van der Waals surface area contributed by atoms with Crippen LogP contribution in [0.4, 0.5) is 51.2 Å². The van der Waals surface area contributed by atoms with Crippen molar-refractivity contribution in [1.29, 1.82) is 0 Å². The van der Waals surface area contributed by atoms with Crippen LogP contribution in [0, 0.1) is 0 Å². The van der Waals surface area contributed by atoms with Crippen molar-refractivity contribution in [3.05, 3.63) is 181 Å². The minimum Gasteiger partial charge on any atom is -0.468 e. The van der Waals surface area contributed by atoms with E-state index in [1.807, 2.05) is 0 Å². The number of thiol groups is 1. The summed E-state index contributed by atoms with van der Waals surface area (Å²) in [5.41, 5.74) is 16.6. The van der Waals surface area contributed by atoms with Crippen LogP contribution in [0.3, 0.4) is 0 Å². The lowest BCUT2D eigenvalue weighted by Gasteiger charge is -2.43. The fourth-order valence-corrected chi connectivity index (χ4v) is 8.86. The number of fused-ring (bicyclic) bond motifs is 6. The van der Waals surface area contributed by atoms with Crippen molar-refractivity contribution in [3.63, 3.8) is 0 Å². The molecule has 2 aliphatic heterocycles. The van der Waals surface area contributed by atoms with E-state index in [9.17, 15) is 0 Å². The molecule has 0 unspecified atom stereocenters. The number of benzene rings is 7. The molecule has 2 aliphatic rings. The highest BCUT2D eigenvalue weighted by Gasteiger charge is 2.47. The van der Waals surface area contributed by atoms with Gasteiger partial charge in [-0.2, -0.15) is 12.6 Å². The average Bonchev–Trinajstić information content (AvgIpc) is 3.60. The van der Waals surface area contributed by atoms with Crippen molar-refractivity contribution in [1.82, 2.24) is 0 Å². The fraction of sp³-hybridized carbons (Fsp3) is 0.137. The van der Waals surface area contributed by atoms with Crippen molar-refractivity contribution in [2.75, 3.05) is 14.7 Å². The highest BCUT2D eigenvalue weighted by Crippen LogP contribution is 2.49.